The van der Waals surface area contributed by atoms with Gasteiger partial charge in [-0.15, -0.1) is 0 Å². The average Bonchev–Trinajstić information content (AvgIpc) is 3.41. The predicted octanol–water partition coefficient (Wildman–Crippen LogP) is 3.07. The number of ether oxygens (including phenoxy) is 2. The fourth-order valence-corrected chi connectivity index (χ4v) is 4.33. The van der Waals surface area contributed by atoms with Gasteiger partial charge in [0.25, 0.3) is 5.91 Å². The van der Waals surface area contributed by atoms with Crippen LogP contribution in [0.15, 0.2) is 29.1 Å². The first-order valence-corrected chi connectivity index (χ1v) is 10.5. The molecule has 0 unspecified atom stereocenters. The zero-order valence-corrected chi connectivity index (χ0v) is 17.8. The number of carbonyl (C=O) groups is 1. The Hall–Kier alpha value is -3.46. The van der Waals surface area contributed by atoms with Crippen molar-refractivity contribution in [2.45, 2.75) is 32.7 Å². The lowest BCUT2D eigenvalue weighted by Gasteiger charge is -2.21. The highest BCUT2D eigenvalue weighted by Gasteiger charge is 2.29. The van der Waals surface area contributed by atoms with E-state index in [2.05, 4.69) is 15.3 Å². The summed E-state index contributed by atoms with van der Waals surface area (Å²) < 4.78 is 24.8. The van der Waals surface area contributed by atoms with Crippen LogP contribution in [-0.4, -0.2) is 42.2 Å². The molecule has 1 saturated heterocycles. The number of anilines is 2. The molecule has 9 heteroatoms. The van der Waals surface area contributed by atoms with Crippen molar-refractivity contribution in [3.8, 4) is 5.75 Å². The molecule has 0 spiro atoms. The number of fused-ring (bicyclic) bond motifs is 2. The minimum absolute atomic E-state index is 0.212. The molecule has 0 saturated carbocycles. The zero-order valence-electron chi connectivity index (χ0n) is 17.8. The maximum Gasteiger partial charge on any atom is 0.259 e. The van der Waals surface area contributed by atoms with Gasteiger partial charge in [-0.3, -0.25) is 9.59 Å². The molecule has 3 aromatic rings. The molecule has 0 radical (unpaired) electrons. The van der Waals surface area contributed by atoms with Crippen LogP contribution in [0.3, 0.4) is 0 Å². The van der Waals surface area contributed by atoms with E-state index in [0.29, 0.717) is 54.5 Å². The lowest BCUT2D eigenvalue weighted by atomic mass is 10.1. The average molecular weight is 438 g/mol. The molecule has 2 aromatic heterocycles. The fourth-order valence-electron chi connectivity index (χ4n) is 4.33. The second kappa shape index (κ2) is 7.90. The van der Waals surface area contributed by atoms with Crippen LogP contribution in [0.1, 0.15) is 33.6 Å². The Morgan fingerprint density at radius 3 is 2.91 bits per heavy atom. The number of amides is 1. The highest BCUT2D eigenvalue weighted by molar-refractivity contribution is 6.09. The number of alkyl halides is 1. The number of aromatic amines is 1. The minimum atomic E-state index is -0.938. The number of nitrogens with one attached hydrogen (secondary N) is 2. The van der Waals surface area contributed by atoms with Crippen LogP contribution in [0, 0.1) is 6.92 Å². The molecule has 5 rings (SSSR count). The monoisotopic (exact) mass is 438 g/mol. The van der Waals surface area contributed by atoms with Gasteiger partial charge in [0.1, 0.15) is 17.7 Å². The summed E-state index contributed by atoms with van der Waals surface area (Å²) in [4.78, 5) is 34.5. The molecule has 2 aliphatic rings. The summed E-state index contributed by atoms with van der Waals surface area (Å²) in [7, 11) is 1.50. The SMILES string of the molecule is COc1cc(NC(=O)c2cc3c(nc2N2CC[C@@H](F)C2)COC3)cc2c(C)cc(=O)[nH]c12. The number of aromatic nitrogens is 2. The number of nitrogens with zero attached hydrogens (tertiary/aromatic N) is 2. The van der Waals surface area contributed by atoms with E-state index < -0.39 is 6.17 Å². The van der Waals surface area contributed by atoms with E-state index in [0.717, 1.165) is 22.2 Å². The van der Waals surface area contributed by atoms with Crippen LogP contribution in [0.2, 0.25) is 0 Å². The van der Waals surface area contributed by atoms with Crippen LogP contribution >= 0.6 is 0 Å². The second-order valence-electron chi connectivity index (χ2n) is 8.16. The lowest BCUT2D eigenvalue weighted by molar-refractivity contribution is 0.102. The molecule has 0 bridgehead atoms. The van der Waals surface area contributed by atoms with Crippen LogP contribution in [-0.2, 0) is 18.0 Å². The molecule has 1 atom stereocenters. The first-order valence-electron chi connectivity index (χ1n) is 10.5. The molecule has 1 fully saturated rings. The van der Waals surface area contributed by atoms with Gasteiger partial charge in [0.05, 0.1) is 43.6 Å². The third-order valence-corrected chi connectivity index (χ3v) is 5.94. The van der Waals surface area contributed by atoms with Gasteiger partial charge in [0, 0.05) is 35.3 Å². The number of pyridine rings is 2. The fraction of sp³-hybridized carbons (Fsp3) is 0.348. The normalized spacial score (nSPS) is 17.6. The van der Waals surface area contributed by atoms with Crippen LogP contribution in [0.4, 0.5) is 15.9 Å². The number of carbonyl (C=O) groups excluding carboxylic acids is 1. The number of methoxy groups -OCH3 is 1. The summed E-state index contributed by atoms with van der Waals surface area (Å²) in [5.41, 5.74) is 3.64. The molecule has 166 valence electrons. The van der Waals surface area contributed by atoms with Crippen LogP contribution in [0.25, 0.3) is 10.9 Å². The van der Waals surface area contributed by atoms with Gasteiger partial charge in [-0.25, -0.2) is 9.37 Å². The first kappa shape index (κ1) is 20.4. The van der Waals surface area contributed by atoms with Gasteiger partial charge >= 0.3 is 0 Å². The molecular formula is C23H23FN4O4. The maximum atomic E-state index is 13.9. The van der Waals surface area contributed by atoms with Gasteiger partial charge in [0.15, 0.2) is 0 Å². The zero-order chi connectivity index (χ0) is 22.4. The molecule has 1 aromatic carbocycles. The van der Waals surface area contributed by atoms with Crippen molar-refractivity contribution in [1.82, 2.24) is 9.97 Å². The van der Waals surface area contributed by atoms with E-state index in [1.165, 1.54) is 13.2 Å². The Kier molecular flexibility index (Phi) is 5.05. The summed E-state index contributed by atoms with van der Waals surface area (Å²) in [6.07, 6.45) is -0.525. The Labute approximate surface area is 183 Å². The van der Waals surface area contributed by atoms with Crippen molar-refractivity contribution in [3.05, 3.63) is 57.0 Å². The number of hydrogen-bond donors (Lipinski definition) is 2. The lowest BCUT2D eigenvalue weighted by Crippen LogP contribution is -2.26. The Bertz CT molecular complexity index is 1290. The Morgan fingerprint density at radius 2 is 2.16 bits per heavy atom. The van der Waals surface area contributed by atoms with Gasteiger partial charge in [0.2, 0.25) is 5.56 Å². The van der Waals surface area contributed by atoms with E-state index in [1.807, 2.05) is 11.8 Å². The van der Waals surface area contributed by atoms with Gasteiger partial charge < -0.3 is 24.7 Å². The minimum Gasteiger partial charge on any atom is -0.494 e. The molecule has 8 nitrogen and oxygen atoms in total. The number of aryl methyl sites for hydroxylation is 1. The quantitative estimate of drug-likeness (QED) is 0.650. The van der Waals surface area contributed by atoms with Crippen molar-refractivity contribution in [2.75, 3.05) is 30.4 Å². The standard InChI is InChI=1S/C23H23FN4O4/c1-12-5-20(29)27-21-16(12)7-15(8-19(21)31-2)25-23(30)17-6-13-10-32-11-18(13)26-22(17)28-4-3-14(24)9-28/h5-8,14H,3-4,9-11H2,1-2H3,(H,25,30)(H,27,29)/t14-/m1/s1. The summed E-state index contributed by atoms with van der Waals surface area (Å²) in [6.45, 7) is 3.32. The largest absolute Gasteiger partial charge is 0.494 e. The number of halogens is 1. The van der Waals surface area contributed by atoms with E-state index in [9.17, 15) is 14.0 Å². The van der Waals surface area contributed by atoms with Gasteiger partial charge in [-0.2, -0.15) is 0 Å². The smallest absolute Gasteiger partial charge is 0.259 e. The van der Waals surface area contributed by atoms with Crippen LogP contribution in [0.5, 0.6) is 5.75 Å². The second-order valence-corrected chi connectivity index (χ2v) is 8.16. The summed E-state index contributed by atoms with van der Waals surface area (Å²) in [6, 6.07) is 6.73. The molecule has 2 N–H and O–H groups in total. The summed E-state index contributed by atoms with van der Waals surface area (Å²) in [5, 5.41) is 3.68. The van der Waals surface area contributed by atoms with Gasteiger partial charge in [-0.1, -0.05) is 0 Å². The van der Waals surface area contributed by atoms with Crippen molar-refractivity contribution in [3.63, 3.8) is 0 Å². The highest BCUT2D eigenvalue weighted by Crippen LogP contribution is 2.32. The molecule has 0 aliphatic carbocycles. The first-order chi connectivity index (χ1) is 15.4. The molecular weight excluding hydrogens is 415 g/mol. The van der Waals surface area contributed by atoms with E-state index in [-0.39, 0.29) is 18.0 Å². The number of hydrogen-bond acceptors (Lipinski definition) is 6. The van der Waals surface area contributed by atoms with Crippen molar-refractivity contribution >= 4 is 28.3 Å². The number of H-pyrrole nitrogens is 1. The Morgan fingerprint density at radius 1 is 1.31 bits per heavy atom. The third kappa shape index (κ3) is 3.58. The maximum absolute atomic E-state index is 13.9. The molecule has 2 aliphatic heterocycles. The number of rotatable bonds is 4. The molecule has 4 heterocycles. The van der Waals surface area contributed by atoms with Crippen molar-refractivity contribution < 1.29 is 18.7 Å². The molecule has 32 heavy (non-hydrogen) atoms. The van der Waals surface area contributed by atoms with E-state index in [4.69, 9.17) is 9.47 Å². The summed E-state index contributed by atoms with van der Waals surface area (Å²) in [5.74, 6) is 0.562. The predicted molar refractivity (Wildman–Crippen MR) is 118 cm³/mol. The topological polar surface area (TPSA) is 96.5 Å². The number of benzene rings is 1. The molecule has 1 amide bonds. The van der Waals surface area contributed by atoms with Crippen molar-refractivity contribution in [2.24, 2.45) is 0 Å². The van der Waals surface area contributed by atoms with Gasteiger partial charge in [-0.05, 0) is 31.0 Å². The third-order valence-electron chi connectivity index (χ3n) is 5.94. The summed E-state index contributed by atoms with van der Waals surface area (Å²) >= 11 is 0. The highest BCUT2D eigenvalue weighted by atomic mass is 19.1. The van der Waals surface area contributed by atoms with Crippen molar-refractivity contribution in [1.29, 1.82) is 0 Å². The van der Waals surface area contributed by atoms with Crippen LogP contribution < -0.4 is 20.5 Å². The Balaban J connectivity index is 1.54. The van der Waals surface area contributed by atoms with E-state index >= 15 is 0 Å². The van der Waals surface area contributed by atoms with E-state index in [1.54, 1.807) is 18.2 Å².